The second-order valence-corrected chi connectivity index (χ2v) is 14.7. The van der Waals surface area contributed by atoms with Gasteiger partial charge in [-0.25, -0.2) is 15.0 Å². The van der Waals surface area contributed by atoms with Crippen LogP contribution in [-0.4, -0.2) is 15.0 Å². The van der Waals surface area contributed by atoms with Gasteiger partial charge in [0.05, 0.1) is 5.41 Å². The molecule has 0 amide bonds. The van der Waals surface area contributed by atoms with E-state index in [4.69, 9.17) is 15.0 Å². The first-order valence-corrected chi connectivity index (χ1v) is 19.0. The maximum atomic E-state index is 5.25. The minimum absolute atomic E-state index is 0.133. The fourth-order valence-electron chi connectivity index (χ4n) is 9.41. The van der Waals surface area contributed by atoms with E-state index in [-0.39, 0.29) is 17.3 Å². The first-order chi connectivity index (χ1) is 27.3. The third-order valence-corrected chi connectivity index (χ3v) is 11.9. The van der Waals surface area contributed by atoms with Gasteiger partial charge in [0.15, 0.2) is 17.5 Å². The van der Waals surface area contributed by atoms with Crippen LogP contribution in [0.5, 0.6) is 0 Å². The molecule has 3 aliphatic carbocycles. The Morgan fingerprint density at radius 2 is 0.782 bits per heavy atom. The molecule has 11 rings (SSSR count). The van der Waals surface area contributed by atoms with E-state index in [0.717, 1.165) is 27.8 Å². The Morgan fingerprint density at radius 1 is 0.364 bits per heavy atom. The van der Waals surface area contributed by atoms with Crippen molar-refractivity contribution in [3.05, 3.63) is 228 Å². The van der Waals surface area contributed by atoms with Crippen LogP contribution in [0.2, 0.25) is 0 Å². The van der Waals surface area contributed by atoms with E-state index in [1.807, 2.05) is 12.1 Å². The smallest absolute Gasteiger partial charge is 0.164 e. The zero-order chi connectivity index (χ0) is 36.3. The lowest BCUT2D eigenvalue weighted by molar-refractivity contribution is 0.467. The first kappa shape index (κ1) is 31.5. The number of nitrogens with zero attached hydrogens (tertiary/aromatic N) is 3. The zero-order valence-corrected chi connectivity index (χ0v) is 30.0. The Hall–Kier alpha value is -6.97. The van der Waals surface area contributed by atoms with Gasteiger partial charge in [0.25, 0.3) is 0 Å². The van der Waals surface area contributed by atoms with Gasteiger partial charge in [0.1, 0.15) is 0 Å². The molecular formula is C52H35N3. The lowest BCUT2D eigenvalue weighted by atomic mass is 9.65. The van der Waals surface area contributed by atoms with Crippen LogP contribution in [0.1, 0.15) is 34.0 Å². The third kappa shape index (κ3) is 4.93. The van der Waals surface area contributed by atoms with Gasteiger partial charge >= 0.3 is 0 Å². The predicted molar refractivity (Wildman–Crippen MR) is 223 cm³/mol. The number of benzene rings is 7. The molecule has 258 valence electrons. The maximum absolute atomic E-state index is 5.25. The van der Waals surface area contributed by atoms with Crippen molar-refractivity contribution in [1.82, 2.24) is 15.0 Å². The van der Waals surface area contributed by atoms with E-state index in [1.165, 1.54) is 44.5 Å². The van der Waals surface area contributed by atoms with Crippen LogP contribution in [0.25, 0.3) is 61.7 Å². The molecule has 8 aromatic rings. The molecule has 2 atom stereocenters. The largest absolute Gasteiger partial charge is 0.208 e. The van der Waals surface area contributed by atoms with E-state index in [0.29, 0.717) is 17.5 Å². The van der Waals surface area contributed by atoms with E-state index >= 15 is 0 Å². The van der Waals surface area contributed by atoms with Crippen molar-refractivity contribution in [2.24, 2.45) is 5.92 Å². The van der Waals surface area contributed by atoms with Gasteiger partial charge in [-0.3, -0.25) is 0 Å². The summed E-state index contributed by atoms with van der Waals surface area (Å²) in [4.78, 5) is 15.6. The van der Waals surface area contributed by atoms with Gasteiger partial charge in [-0.1, -0.05) is 200 Å². The average molecular weight is 702 g/mol. The highest BCUT2D eigenvalue weighted by molar-refractivity contribution is 5.87. The second kappa shape index (κ2) is 12.6. The van der Waals surface area contributed by atoms with Crippen molar-refractivity contribution >= 4 is 5.57 Å². The van der Waals surface area contributed by atoms with Crippen LogP contribution >= 0.6 is 0 Å². The molecule has 2 unspecified atom stereocenters. The molecule has 55 heavy (non-hydrogen) atoms. The molecule has 3 nitrogen and oxygen atoms in total. The fourth-order valence-corrected chi connectivity index (χ4v) is 9.41. The molecule has 0 fully saturated rings. The Morgan fingerprint density at radius 3 is 1.33 bits per heavy atom. The Bertz CT molecular complexity index is 2650. The highest BCUT2D eigenvalue weighted by atomic mass is 15.0. The number of allylic oxidation sites excluding steroid dienone is 4. The van der Waals surface area contributed by atoms with Crippen molar-refractivity contribution in [1.29, 1.82) is 0 Å². The molecule has 0 radical (unpaired) electrons. The van der Waals surface area contributed by atoms with Gasteiger partial charge in [0.2, 0.25) is 0 Å². The maximum Gasteiger partial charge on any atom is 0.164 e. The lowest BCUT2D eigenvalue weighted by Gasteiger charge is -2.36. The zero-order valence-electron chi connectivity index (χ0n) is 30.0. The van der Waals surface area contributed by atoms with Crippen molar-refractivity contribution < 1.29 is 0 Å². The van der Waals surface area contributed by atoms with Crippen LogP contribution in [-0.2, 0) is 5.41 Å². The number of fused-ring (bicyclic) bond motifs is 10. The van der Waals surface area contributed by atoms with Crippen molar-refractivity contribution in [3.8, 4) is 56.2 Å². The van der Waals surface area contributed by atoms with Crippen molar-refractivity contribution in [2.75, 3.05) is 0 Å². The van der Waals surface area contributed by atoms with Gasteiger partial charge in [-0.2, -0.15) is 0 Å². The number of aromatic nitrogens is 3. The van der Waals surface area contributed by atoms with Crippen LogP contribution in [0.3, 0.4) is 0 Å². The summed E-state index contributed by atoms with van der Waals surface area (Å²) >= 11 is 0. The van der Waals surface area contributed by atoms with Crippen LogP contribution in [0.4, 0.5) is 0 Å². The lowest BCUT2D eigenvalue weighted by Crippen LogP contribution is -2.33. The van der Waals surface area contributed by atoms with Crippen LogP contribution in [0.15, 0.2) is 200 Å². The molecule has 3 aliphatic rings. The van der Waals surface area contributed by atoms with E-state index in [9.17, 15) is 0 Å². The van der Waals surface area contributed by atoms with Crippen molar-refractivity contribution in [2.45, 2.75) is 11.3 Å². The molecule has 0 saturated carbocycles. The third-order valence-electron chi connectivity index (χ3n) is 11.9. The first-order valence-electron chi connectivity index (χ1n) is 19.0. The predicted octanol–water partition coefficient (Wildman–Crippen LogP) is 12.2. The van der Waals surface area contributed by atoms with Gasteiger partial charge in [-0.15, -0.1) is 0 Å². The minimum atomic E-state index is -0.330. The summed E-state index contributed by atoms with van der Waals surface area (Å²) in [6, 6.07) is 65.1. The molecule has 0 bridgehead atoms. The quantitative estimate of drug-likeness (QED) is 0.179. The number of hydrogen-bond acceptors (Lipinski definition) is 3. The molecule has 7 aromatic carbocycles. The average Bonchev–Trinajstić information content (AvgIpc) is 3.74. The van der Waals surface area contributed by atoms with E-state index < -0.39 is 0 Å². The summed E-state index contributed by atoms with van der Waals surface area (Å²) in [7, 11) is 0. The minimum Gasteiger partial charge on any atom is -0.208 e. The van der Waals surface area contributed by atoms with Crippen molar-refractivity contribution in [3.63, 3.8) is 0 Å². The summed E-state index contributed by atoms with van der Waals surface area (Å²) < 4.78 is 0. The van der Waals surface area contributed by atoms with E-state index in [2.05, 4.69) is 188 Å². The molecule has 0 N–H and O–H groups in total. The SMILES string of the molecule is C1=CC2c3ccccc3C3(c4ccccc4-c4ccccc43)C2C=C1c1nc(-c2ccc(-c3ccccc3)cc2)nc(-c2ccc(-c3ccccc3)cc2)n1. The van der Waals surface area contributed by atoms with Gasteiger partial charge in [-0.05, 0) is 55.6 Å². The molecule has 0 aliphatic heterocycles. The fraction of sp³-hybridized carbons (Fsp3) is 0.0577. The van der Waals surface area contributed by atoms with E-state index in [1.54, 1.807) is 0 Å². The molecule has 0 saturated heterocycles. The Balaban J connectivity index is 1.07. The molecule has 1 aromatic heterocycles. The summed E-state index contributed by atoms with van der Waals surface area (Å²) in [6.07, 6.45) is 7.09. The second-order valence-electron chi connectivity index (χ2n) is 14.7. The molecule has 1 spiro atoms. The normalized spacial score (nSPS) is 16.9. The summed E-state index contributed by atoms with van der Waals surface area (Å²) in [6.45, 7) is 0. The number of hydrogen-bond donors (Lipinski definition) is 0. The van der Waals surface area contributed by atoms with Gasteiger partial charge in [0, 0.05) is 28.5 Å². The monoisotopic (exact) mass is 701 g/mol. The topological polar surface area (TPSA) is 38.7 Å². The summed E-state index contributed by atoms with van der Waals surface area (Å²) in [5.74, 6) is 2.35. The Kier molecular flexibility index (Phi) is 7.21. The Labute approximate surface area is 321 Å². The standard InChI is InChI=1S/C52H35N3/c1-3-13-34(14-4-1)36-23-27-38(28-24-36)49-53-50(39-29-25-37(26-30-39)35-15-5-2-6-16-35)55-51(54-49)40-31-32-44-43-19-9-12-22-47(43)52(48(44)33-40)45-20-10-7-17-41(45)42-18-8-11-21-46(42)52/h1-33,44,48H. The van der Waals surface area contributed by atoms with Crippen LogP contribution < -0.4 is 0 Å². The van der Waals surface area contributed by atoms with Gasteiger partial charge < -0.3 is 0 Å². The summed E-state index contributed by atoms with van der Waals surface area (Å²) in [5.41, 5.74) is 15.4. The molecular weight excluding hydrogens is 667 g/mol. The summed E-state index contributed by atoms with van der Waals surface area (Å²) in [5, 5.41) is 0. The number of rotatable bonds is 5. The molecule has 1 heterocycles. The highest BCUT2D eigenvalue weighted by Gasteiger charge is 2.57. The molecule has 3 heteroatoms. The van der Waals surface area contributed by atoms with Crippen LogP contribution in [0, 0.1) is 5.92 Å². The highest BCUT2D eigenvalue weighted by Crippen LogP contribution is 2.65.